The minimum Gasteiger partial charge on any atom is -0.478 e. The highest BCUT2D eigenvalue weighted by Crippen LogP contribution is 2.17. The Morgan fingerprint density at radius 2 is 2.11 bits per heavy atom. The van der Waals surface area contributed by atoms with Gasteiger partial charge in [-0.1, -0.05) is 13.0 Å². The summed E-state index contributed by atoms with van der Waals surface area (Å²) in [5, 5.41) is 11.4. The number of carboxylic acids is 1. The Hall–Kier alpha value is -2.10. The fourth-order valence-electron chi connectivity index (χ4n) is 1.51. The first kappa shape index (κ1) is 14.0. The minimum absolute atomic E-state index is 0.0329. The molecular formula is C14H17NO3. The molecule has 18 heavy (non-hydrogen) atoms. The molecule has 1 amide bonds. The third-order valence-corrected chi connectivity index (χ3v) is 2.45. The average molecular weight is 247 g/mol. The van der Waals surface area contributed by atoms with Gasteiger partial charge in [-0.2, -0.15) is 0 Å². The predicted octanol–water partition coefficient (Wildman–Crippen LogP) is 2.83. The summed E-state index contributed by atoms with van der Waals surface area (Å²) in [6.07, 6.45) is 3.88. The molecule has 0 aromatic heterocycles. The van der Waals surface area contributed by atoms with Gasteiger partial charge in [0.25, 0.3) is 0 Å². The highest BCUT2D eigenvalue weighted by molar-refractivity contribution is 5.91. The second kappa shape index (κ2) is 6.59. The smallest absolute Gasteiger partial charge is 0.328 e. The van der Waals surface area contributed by atoms with Gasteiger partial charge < -0.3 is 10.4 Å². The molecule has 0 spiro atoms. The van der Waals surface area contributed by atoms with Crippen LogP contribution in [0.4, 0.5) is 5.69 Å². The summed E-state index contributed by atoms with van der Waals surface area (Å²) in [5.74, 6) is -1.02. The average Bonchev–Trinajstić information content (AvgIpc) is 2.30. The summed E-state index contributed by atoms with van der Waals surface area (Å²) < 4.78 is 0. The highest BCUT2D eigenvalue weighted by Gasteiger charge is 2.02. The second-order valence-electron chi connectivity index (χ2n) is 4.04. The number of carboxylic acid groups (broad SMARTS) is 1. The normalized spacial score (nSPS) is 10.6. The van der Waals surface area contributed by atoms with E-state index in [9.17, 15) is 9.59 Å². The molecule has 4 heteroatoms. The van der Waals surface area contributed by atoms with Gasteiger partial charge in [0.15, 0.2) is 0 Å². The Labute approximate surface area is 106 Å². The zero-order valence-corrected chi connectivity index (χ0v) is 10.6. The molecule has 0 atom stereocenters. The second-order valence-corrected chi connectivity index (χ2v) is 4.04. The molecule has 0 aliphatic carbocycles. The van der Waals surface area contributed by atoms with Crippen LogP contribution < -0.4 is 5.32 Å². The first-order valence-electron chi connectivity index (χ1n) is 5.84. The largest absolute Gasteiger partial charge is 0.478 e. The maximum absolute atomic E-state index is 11.5. The SMILES string of the molecule is CCCC(=O)Nc1ccc(C)c(C=CC(=O)O)c1. The molecule has 0 bridgehead atoms. The Morgan fingerprint density at radius 3 is 2.72 bits per heavy atom. The van der Waals surface area contributed by atoms with Crippen LogP contribution in [0, 0.1) is 6.92 Å². The Kier molecular flexibility index (Phi) is 5.11. The van der Waals surface area contributed by atoms with Crippen LogP contribution in [0.5, 0.6) is 0 Å². The Morgan fingerprint density at radius 1 is 1.39 bits per heavy atom. The first-order chi connectivity index (χ1) is 8.52. The molecule has 2 N–H and O–H groups in total. The molecule has 1 rings (SSSR count). The minimum atomic E-state index is -0.991. The van der Waals surface area contributed by atoms with Crippen molar-refractivity contribution in [2.75, 3.05) is 5.32 Å². The van der Waals surface area contributed by atoms with Gasteiger partial charge in [0.1, 0.15) is 0 Å². The Bertz CT molecular complexity index is 478. The van der Waals surface area contributed by atoms with E-state index < -0.39 is 5.97 Å². The number of rotatable bonds is 5. The molecule has 0 saturated heterocycles. The molecule has 0 radical (unpaired) electrons. The number of hydrogen-bond acceptors (Lipinski definition) is 2. The van der Waals surface area contributed by atoms with Crippen molar-refractivity contribution < 1.29 is 14.7 Å². The van der Waals surface area contributed by atoms with Gasteiger partial charge in [-0.3, -0.25) is 4.79 Å². The summed E-state index contributed by atoms with van der Waals surface area (Å²) in [5.41, 5.74) is 2.43. The van der Waals surface area contributed by atoms with E-state index >= 15 is 0 Å². The number of carbonyl (C=O) groups excluding carboxylic acids is 1. The monoisotopic (exact) mass is 247 g/mol. The fraction of sp³-hybridized carbons (Fsp3) is 0.286. The summed E-state index contributed by atoms with van der Waals surface area (Å²) in [7, 11) is 0. The lowest BCUT2D eigenvalue weighted by Gasteiger charge is -2.07. The summed E-state index contributed by atoms with van der Waals surface area (Å²) in [6, 6.07) is 5.42. The molecule has 0 saturated carbocycles. The maximum atomic E-state index is 11.5. The number of nitrogens with one attached hydrogen (secondary N) is 1. The van der Waals surface area contributed by atoms with E-state index in [4.69, 9.17) is 5.11 Å². The van der Waals surface area contributed by atoms with Crippen LogP contribution >= 0.6 is 0 Å². The van der Waals surface area contributed by atoms with Gasteiger partial charge in [-0.05, 0) is 42.7 Å². The number of carbonyl (C=O) groups is 2. The molecule has 0 aliphatic heterocycles. The number of aryl methyl sites for hydroxylation is 1. The van der Waals surface area contributed by atoms with Crippen molar-refractivity contribution in [3.8, 4) is 0 Å². The van der Waals surface area contributed by atoms with Crippen molar-refractivity contribution in [1.29, 1.82) is 0 Å². The summed E-state index contributed by atoms with van der Waals surface area (Å²) >= 11 is 0. The van der Waals surface area contributed by atoms with Crippen LogP contribution in [0.25, 0.3) is 6.08 Å². The molecule has 1 aromatic rings. The van der Waals surface area contributed by atoms with E-state index in [-0.39, 0.29) is 5.91 Å². The predicted molar refractivity (Wildman–Crippen MR) is 71.4 cm³/mol. The van der Waals surface area contributed by atoms with E-state index in [2.05, 4.69) is 5.32 Å². The third kappa shape index (κ3) is 4.41. The van der Waals surface area contributed by atoms with Crippen LogP contribution in [0.3, 0.4) is 0 Å². The van der Waals surface area contributed by atoms with E-state index in [0.717, 1.165) is 23.6 Å². The van der Waals surface area contributed by atoms with E-state index in [1.807, 2.05) is 19.9 Å². The molecule has 4 nitrogen and oxygen atoms in total. The number of hydrogen-bond donors (Lipinski definition) is 2. The maximum Gasteiger partial charge on any atom is 0.328 e. The van der Waals surface area contributed by atoms with E-state index in [0.29, 0.717) is 12.1 Å². The summed E-state index contributed by atoms with van der Waals surface area (Å²) in [4.78, 5) is 21.9. The van der Waals surface area contributed by atoms with Gasteiger partial charge >= 0.3 is 5.97 Å². The molecule has 96 valence electrons. The van der Waals surface area contributed by atoms with E-state index in [1.54, 1.807) is 12.1 Å². The van der Waals surface area contributed by atoms with Crippen LogP contribution in [0.1, 0.15) is 30.9 Å². The zero-order chi connectivity index (χ0) is 13.5. The van der Waals surface area contributed by atoms with Crippen molar-refractivity contribution in [1.82, 2.24) is 0 Å². The topological polar surface area (TPSA) is 66.4 Å². The van der Waals surface area contributed by atoms with Crippen molar-refractivity contribution in [2.24, 2.45) is 0 Å². The molecule has 0 heterocycles. The van der Waals surface area contributed by atoms with Gasteiger partial charge in [-0.25, -0.2) is 4.79 Å². The zero-order valence-electron chi connectivity index (χ0n) is 10.6. The fourth-order valence-corrected chi connectivity index (χ4v) is 1.51. The van der Waals surface area contributed by atoms with Gasteiger partial charge in [0, 0.05) is 18.2 Å². The standard InChI is InChI=1S/C14H17NO3/c1-3-4-13(16)15-12-7-5-10(2)11(9-12)6-8-14(17)18/h5-9H,3-4H2,1-2H3,(H,15,16)(H,17,18). The van der Waals surface area contributed by atoms with Gasteiger partial charge in [0.2, 0.25) is 5.91 Å². The van der Waals surface area contributed by atoms with Crippen LogP contribution in [0.15, 0.2) is 24.3 Å². The lowest BCUT2D eigenvalue weighted by Crippen LogP contribution is -2.10. The Balaban J connectivity index is 2.86. The van der Waals surface area contributed by atoms with Crippen molar-refractivity contribution in [2.45, 2.75) is 26.7 Å². The van der Waals surface area contributed by atoms with Crippen LogP contribution in [-0.2, 0) is 9.59 Å². The third-order valence-electron chi connectivity index (χ3n) is 2.45. The van der Waals surface area contributed by atoms with Crippen LogP contribution in [-0.4, -0.2) is 17.0 Å². The summed E-state index contributed by atoms with van der Waals surface area (Å²) in [6.45, 7) is 3.83. The number of aliphatic carboxylic acids is 1. The number of amides is 1. The molecule has 1 aromatic carbocycles. The van der Waals surface area contributed by atoms with E-state index in [1.165, 1.54) is 6.08 Å². The van der Waals surface area contributed by atoms with Crippen molar-refractivity contribution in [3.63, 3.8) is 0 Å². The molecule has 0 unspecified atom stereocenters. The van der Waals surface area contributed by atoms with Crippen molar-refractivity contribution >= 4 is 23.6 Å². The quantitative estimate of drug-likeness (QED) is 0.786. The first-order valence-corrected chi connectivity index (χ1v) is 5.84. The lowest BCUT2D eigenvalue weighted by atomic mass is 10.1. The number of anilines is 1. The molecule has 0 aliphatic rings. The molecular weight excluding hydrogens is 230 g/mol. The number of benzene rings is 1. The van der Waals surface area contributed by atoms with Crippen molar-refractivity contribution in [3.05, 3.63) is 35.4 Å². The van der Waals surface area contributed by atoms with Gasteiger partial charge in [-0.15, -0.1) is 0 Å². The molecule has 0 fully saturated rings. The lowest BCUT2D eigenvalue weighted by molar-refractivity contribution is -0.131. The highest BCUT2D eigenvalue weighted by atomic mass is 16.4. The van der Waals surface area contributed by atoms with Crippen LogP contribution in [0.2, 0.25) is 0 Å². The van der Waals surface area contributed by atoms with Gasteiger partial charge in [0.05, 0.1) is 0 Å².